The highest BCUT2D eigenvalue weighted by Gasteiger charge is 2.40. The van der Waals surface area contributed by atoms with Gasteiger partial charge in [-0.3, -0.25) is 5.84 Å². The molecule has 0 amide bonds. The molecule has 1 aromatic heterocycles. The number of aryl methyl sites for hydroxylation is 1. The molecule has 9 aromatic rings. The van der Waals surface area contributed by atoms with Gasteiger partial charge in [0, 0.05) is 34.1 Å². The van der Waals surface area contributed by atoms with Gasteiger partial charge in [0.2, 0.25) is 0 Å². The molecule has 3 atom stereocenters. The van der Waals surface area contributed by atoms with Gasteiger partial charge in [-0.05, 0) is 112 Å². The molecule has 0 radical (unpaired) electrons. The minimum Gasteiger partial charge on any atom is -0.456 e. The summed E-state index contributed by atoms with van der Waals surface area (Å²) in [5, 5.41) is 2.19. The molecule has 0 saturated carbocycles. The number of nitrogens with two attached hydrogens (primary N) is 1. The van der Waals surface area contributed by atoms with Gasteiger partial charge in [-0.25, -0.2) is 5.43 Å². The van der Waals surface area contributed by atoms with E-state index in [9.17, 15) is 0 Å². The van der Waals surface area contributed by atoms with Crippen LogP contribution in [0.15, 0.2) is 211 Å². The number of hydrazine groups is 1. The Hall–Kier alpha value is -6.98. The first kappa shape index (κ1) is 37.3. The van der Waals surface area contributed by atoms with Crippen LogP contribution in [0.25, 0.3) is 49.8 Å². The van der Waals surface area contributed by atoms with Crippen LogP contribution in [-0.4, -0.2) is 6.04 Å². The molecule has 0 spiro atoms. The summed E-state index contributed by atoms with van der Waals surface area (Å²) in [7, 11) is 0. The average Bonchev–Trinajstić information content (AvgIpc) is 3.86. The molecule has 0 fully saturated rings. The number of furan rings is 1. The molecule has 3 N–H and O–H groups in total. The molecule has 3 unspecified atom stereocenters. The lowest BCUT2D eigenvalue weighted by molar-refractivity contribution is 0.572. The lowest BCUT2D eigenvalue weighted by atomic mass is 9.81. The van der Waals surface area contributed by atoms with E-state index in [-0.39, 0.29) is 6.04 Å². The fourth-order valence-corrected chi connectivity index (χ4v) is 9.37. The van der Waals surface area contributed by atoms with Gasteiger partial charge in [-0.15, -0.1) is 0 Å². The second-order valence-electron chi connectivity index (χ2n) is 15.9. The standard InChI is InChI=1S/C43H35N3O.C13H12/c44-45-43(28-11-3-1-4-12-28)35-18-10-20-41-42(35)37-27-32(22-24-40(37)47-41)30-14-9-13-29(25-30)31-21-23-39-36(26-31)34-17-7-8-19-38(34)46(39)33-15-5-2-6-16-33;1-11-7-9-13(10-8-11)12-5-3-2-4-6-12/h1-20,22,24-27,36,39,43,45H,21,23,44H2;2-10H,1H3. The summed E-state index contributed by atoms with van der Waals surface area (Å²) in [6, 6.07) is 71.2. The SMILES string of the molecule is Cc1ccc(-c2ccccc2)cc1.NNC(c1ccccc1)c1cccc2oc3ccc(-c4cccc(C5=CC6c7ccccc7N(c7ccccc7)C6CC5)c4)cc3c12. The third-order valence-electron chi connectivity index (χ3n) is 12.3. The monoisotopic (exact) mass is 777 g/mol. The van der Waals surface area contributed by atoms with Crippen molar-refractivity contribution in [3.63, 3.8) is 0 Å². The summed E-state index contributed by atoms with van der Waals surface area (Å²) in [6.07, 6.45) is 4.69. The van der Waals surface area contributed by atoms with Crippen molar-refractivity contribution in [1.82, 2.24) is 5.43 Å². The van der Waals surface area contributed by atoms with Crippen LogP contribution in [0.4, 0.5) is 11.4 Å². The van der Waals surface area contributed by atoms with Gasteiger partial charge in [-0.2, -0.15) is 0 Å². The first-order chi connectivity index (χ1) is 29.6. The van der Waals surface area contributed by atoms with E-state index in [0.717, 1.165) is 45.9 Å². The van der Waals surface area contributed by atoms with Crippen LogP contribution in [-0.2, 0) is 0 Å². The molecule has 1 aliphatic carbocycles. The number of fused-ring (bicyclic) bond motifs is 6. The summed E-state index contributed by atoms with van der Waals surface area (Å²) in [4.78, 5) is 2.56. The van der Waals surface area contributed by atoms with Crippen LogP contribution >= 0.6 is 0 Å². The van der Waals surface area contributed by atoms with E-state index in [0.29, 0.717) is 12.0 Å². The molecule has 11 rings (SSSR count). The second-order valence-corrected chi connectivity index (χ2v) is 15.9. The van der Waals surface area contributed by atoms with Crippen molar-refractivity contribution in [2.24, 2.45) is 5.84 Å². The van der Waals surface area contributed by atoms with Crippen LogP contribution in [0.2, 0.25) is 0 Å². The zero-order valence-corrected chi connectivity index (χ0v) is 33.7. The molecule has 4 nitrogen and oxygen atoms in total. The fraction of sp³-hybridized carbons (Fsp3) is 0.107. The molecule has 2 aliphatic rings. The maximum atomic E-state index is 6.36. The zero-order chi connectivity index (χ0) is 40.4. The number of anilines is 2. The highest BCUT2D eigenvalue weighted by Crippen LogP contribution is 2.51. The Bertz CT molecular complexity index is 2940. The Labute approximate surface area is 352 Å². The van der Waals surface area contributed by atoms with Gasteiger partial charge < -0.3 is 9.32 Å². The van der Waals surface area contributed by atoms with E-state index in [1.165, 1.54) is 55.9 Å². The minimum absolute atomic E-state index is 0.159. The predicted octanol–water partition coefficient (Wildman–Crippen LogP) is 13.9. The normalized spacial score (nSPS) is 16.1. The molecule has 1 aliphatic heterocycles. The number of nitrogens with zero attached hydrogens (tertiary/aromatic N) is 1. The topological polar surface area (TPSA) is 54.4 Å². The lowest BCUT2D eigenvalue weighted by Gasteiger charge is -2.33. The molecule has 0 saturated heterocycles. The van der Waals surface area contributed by atoms with Crippen LogP contribution < -0.4 is 16.2 Å². The molecule has 292 valence electrons. The number of rotatable bonds is 7. The van der Waals surface area contributed by atoms with Gasteiger partial charge in [0.1, 0.15) is 11.2 Å². The van der Waals surface area contributed by atoms with Gasteiger partial charge in [0.15, 0.2) is 0 Å². The van der Waals surface area contributed by atoms with Gasteiger partial charge >= 0.3 is 0 Å². The van der Waals surface area contributed by atoms with Crippen molar-refractivity contribution in [3.8, 4) is 22.3 Å². The van der Waals surface area contributed by atoms with E-state index >= 15 is 0 Å². The number of hydrogen-bond donors (Lipinski definition) is 2. The molecule has 2 heterocycles. The maximum Gasteiger partial charge on any atom is 0.135 e. The summed E-state index contributed by atoms with van der Waals surface area (Å²) in [5.74, 6) is 6.52. The summed E-state index contributed by atoms with van der Waals surface area (Å²) < 4.78 is 6.36. The Morgan fingerprint density at radius 1 is 0.583 bits per heavy atom. The van der Waals surface area contributed by atoms with Crippen molar-refractivity contribution in [2.45, 2.75) is 37.8 Å². The highest BCUT2D eigenvalue weighted by molar-refractivity contribution is 6.08. The quantitative estimate of drug-likeness (QED) is 0.125. The van der Waals surface area contributed by atoms with Crippen LogP contribution in [0.5, 0.6) is 0 Å². The predicted molar refractivity (Wildman–Crippen MR) is 250 cm³/mol. The summed E-state index contributed by atoms with van der Waals surface area (Å²) in [5.41, 5.74) is 20.0. The maximum absolute atomic E-state index is 6.36. The highest BCUT2D eigenvalue weighted by atomic mass is 16.3. The van der Waals surface area contributed by atoms with Crippen LogP contribution in [0, 0.1) is 6.92 Å². The smallest absolute Gasteiger partial charge is 0.135 e. The van der Waals surface area contributed by atoms with E-state index in [1.54, 1.807) is 0 Å². The van der Waals surface area contributed by atoms with Crippen molar-refractivity contribution in [3.05, 3.63) is 234 Å². The number of nitrogens with one attached hydrogen (secondary N) is 1. The number of hydrogen-bond acceptors (Lipinski definition) is 4. The average molecular weight is 778 g/mol. The number of benzene rings is 8. The van der Waals surface area contributed by atoms with E-state index in [2.05, 4.69) is 187 Å². The molecular weight excluding hydrogens is 731 g/mol. The third-order valence-corrected chi connectivity index (χ3v) is 12.3. The number of allylic oxidation sites excluding steroid dienone is 1. The molecule has 60 heavy (non-hydrogen) atoms. The van der Waals surface area contributed by atoms with Gasteiger partial charge in [0.05, 0.1) is 6.04 Å². The Morgan fingerprint density at radius 2 is 1.22 bits per heavy atom. The Balaban J connectivity index is 0.000000284. The first-order valence-electron chi connectivity index (χ1n) is 21.0. The molecule has 0 bridgehead atoms. The number of para-hydroxylation sites is 2. The Morgan fingerprint density at radius 3 is 2.00 bits per heavy atom. The van der Waals surface area contributed by atoms with Gasteiger partial charge in [0.25, 0.3) is 0 Å². The Kier molecular flexibility index (Phi) is 10.2. The fourth-order valence-electron chi connectivity index (χ4n) is 9.37. The van der Waals surface area contributed by atoms with E-state index in [4.69, 9.17) is 10.3 Å². The van der Waals surface area contributed by atoms with Crippen molar-refractivity contribution in [1.29, 1.82) is 0 Å². The first-order valence-corrected chi connectivity index (χ1v) is 21.0. The lowest BCUT2D eigenvalue weighted by Crippen LogP contribution is -2.31. The third kappa shape index (κ3) is 7.11. The summed E-state index contributed by atoms with van der Waals surface area (Å²) in [6.45, 7) is 2.11. The van der Waals surface area contributed by atoms with Crippen LogP contribution in [0.3, 0.4) is 0 Å². The van der Waals surface area contributed by atoms with E-state index in [1.807, 2.05) is 36.4 Å². The minimum atomic E-state index is -0.159. The largest absolute Gasteiger partial charge is 0.456 e. The summed E-state index contributed by atoms with van der Waals surface area (Å²) >= 11 is 0. The van der Waals surface area contributed by atoms with Crippen molar-refractivity contribution >= 4 is 38.9 Å². The van der Waals surface area contributed by atoms with Crippen LogP contribution in [0.1, 0.15) is 52.6 Å². The zero-order valence-electron chi connectivity index (χ0n) is 33.7. The molecule has 4 heteroatoms. The van der Waals surface area contributed by atoms with E-state index < -0.39 is 0 Å². The van der Waals surface area contributed by atoms with Gasteiger partial charge in [-0.1, -0.05) is 169 Å². The molecular formula is C56H47N3O. The van der Waals surface area contributed by atoms with Crippen molar-refractivity contribution < 1.29 is 4.42 Å². The second kappa shape index (κ2) is 16.3. The molecule has 8 aromatic carbocycles. The van der Waals surface area contributed by atoms with Crippen molar-refractivity contribution in [2.75, 3.05) is 4.90 Å².